The molecule has 0 heterocycles. The highest BCUT2D eigenvalue weighted by Crippen LogP contribution is 2.15. The van der Waals surface area contributed by atoms with Gasteiger partial charge in [-0.3, -0.25) is 4.79 Å². The van der Waals surface area contributed by atoms with Crippen LogP contribution in [-0.4, -0.2) is 24.6 Å². The van der Waals surface area contributed by atoms with Crippen LogP contribution in [-0.2, 0) is 14.3 Å². The normalized spacial score (nSPS) is 11.1. The number of hydrogen-bond donors (Lipinski definition) is 1. The minimum Gasteiger partial charge on any atom is -0.479 e. The number of para-hydroxylation sites is 1. The van der Waals surface area contributed by atoms with Crippen LogP contribution >= 0.6 is 0 Å². The van der Waals surface area contributed by atoms with Crippen LogP contribution in [0.3, 0.4) is 0 Å². The molecule has 25 heavy (non-hydrogen) atoms. The number of nitrogens with one attached hydrogen (secondary N) is 1. The average Bonchev–Trinajstić information content (AvgIpc) is 2.61. The average molecular weight is 342 g/mol. The van der Waals surface area contributed by atoms with E-state index >= 15 is 0 Å². The Morgan fingerprint density at radius 3 is 2.72 bits per heavy atom. The lowest BCUT2D eigenvalue weighted by Gasteiger charge is -2.14. The second-order valence-electron chi connectivity index (χ2n) is 5.03. The smallest absolute Gasteiger partial charge is 0.344 e. The molecule has 1 amide bonds. The zero-order valence-electron chi connectivity index (χ0n) is 13.4. The van der Waals surface area contributed by atoms with E-state index < -0.39 is 30.4 Å². The molecule has 128 valence electrons. The van der Waals surface area contributed by atoms with Gasteiger partial charge >= 0.3 is 5.97 Å². The molecule has 0 fully saturated rings. The van der Waals surface area contributed by atoms with Gasteiger partial charge < -0.3 is 14.8 Å². The molecule has 0 unspecified atom stereocenters. The van der Waals surface area contributed by atoms with Crippen LogP contribution in [0.5, 0.6) is 5.75 Å². The third-order valence-corrected chi connectivity index (χ3v) is 3.12. The molecule has 6 nitrogen and oxygen atoms in total. The fourth-order valence-electron chi connectivity index (χ4n) is 1.89. The maximum atomic E-state index is 13.4. The molecule has 0 saturated carbocycles. The molecule has 7 heteroatoms. The van der Waals surface area contributed by atoms with Crippen LogP contribution in [0.2, 0.25) is 0 Å². The van der Waals surface area contributed by atoms with Gasteiger partial charge in [0.1, 0.15) is 0 Å². The summed E-state index contributed by atoms with van der Waals surface area (Å²) in [5.41, 5.74) is 0.801. The predicted octanol–water partition coefficient (Wildman–Crippen LogP) is 2.65. The van der Waals surface area contributed by atoms with Gasteiger partial charge in [0, 0.05) is 5.69 Å². The number of rotatable bonds is 6. The highest BCUT2D eigenvalue weighted by atomic mass is 19.1. The standard InChI is InChI=1S/C18H15FN2O4/c1-12(18(23)21-14-6-4-5-13(9-14)10-20)25-17(22)11-24-16-8-3-2-7-15(16)19/h2-9,12H,11H2,1H3,(H,21,23)/t12-/m1/s1. The monoisotopic (exact) mass is 342 g/mol. The Labute approximate surface area is 143 Å². The van der Waals surface area contributed by atoms with Gasteiger partial charge in [0.2, 0.25) is 0 Å². The van der Waals surface area contributed by atoms with E-state index in [4.69, 9.17) is 14.7 Å². The minimum absolute atomic E-state index is 0.0788. The van der Waals surface area contributed by atoms with Crippen molar-refractivity contribution in [1.82, 2.24) is 0 Å². The van der Waals surface area contributed by atoms with E-state index in [1.54, 1.807) is 24.3 Å². The van der Waals surface area contributed by atoms with E-state index in [9.17, 15) is 14.0 Å². The predicted molar refractivity (Wildman–Crippen MR) is 87.2 cm³/mol. The number of ether oxygens (including phenoxy) is 2. The van der Waals surface area contributed by atoms with Crippen molar-refractivity contribution >= 4 is 17.6 Å². The summed E-state index contributed by atoms with van der Waals surface area (Å²) in [6.45, 7) is 0.868. The maximum absolute atomic E-state index is 13.4. The Hall–Kier alpha value is -3.40. The molecule has 1 atom stereocenters. The molecule has 0 aliphatic carbocycles. The van der Waals surface area contributed by atoms with Crippen LogP contribution in [0.1, 0.15) is 12.5 Å². The summed E-state index contributed by atoms with van der Waals surface area (Å²) >= 11 is 0. The van der Waals surface area contributed by atoms with Gasteiger partial charge in [0.25, 0.3) is 5.91 Å². The summed E-state index contributed by atoms with van der Waals surface area (Å²) in [4.78, 5) is 23.7. The number of anilines is 1. The molecule has 1 N–H and O–H groups in total. The lowest BCUT2D eigenvalue weighted by molar-refractivity contribution is -0.155. The number of hydrogen-bond acceptors (Lipinski definition) is 5. The van der Waals surface area contributed by atoms with Gasteiger partial charge in [0.15, 0.2) is 24.3 Å². The summed E-state index contributed by atoms with van der Waals surface area (Å²) in [5, 5.41) is 11.4. The molecule has 0 radical (unpaired) electrons. The number of carbonyl (C=O) groups is 2. The van der Waals surface area contributed by atoms with Crippen LogP contribution in [0, 0.1) is 17.1 Å². The molecule has 0 aliphatic heterocycles. The summed E-state index contributed by atoms with van der Waals surface area (Å²) in [7, 11) is 0. The lowest BCUT2D eigenvalue weighted by Crippen LogP contribution is -2.31. The molecule has 2 rings (SSSR count). The highest BCUT2D eigenvalue weighted by molar-refractivity contribution is 5.95. The first-order valence-corrected chi connectivity index (χ1v) is 7.37. The van der Waals surface area contributed by atoms with Crippen LogP contribution < -0.4 is 10.1 Å². The Balaban J connectivity index is 1.84. The Bertz CT molecular complexity index is 817. The number of halogens is 1. The zero-order chi connectivity index (χ0) is 18.2. The minimum atomic E-state index is -1.08. The van der Waals surface area contributed by atoms with E-state index in [-0.39, 0.29) is 5.75 Å². The molecule has 2 aromatic carbocycles. The van der Waals surface area contributed by atoms with Crippen LogP contribution in [0.15, 0.2) is 48.5 Å². The number of nitriles is 1. The quantitative estimate of drug-likeness (QED) is 0.815. The van der Waals surface area contributed by atoms with Crippen molar-refractivity contribution in [3.05, 3.63) is 59.9 Å². The first-order chi connectivity index (χ1) is 12.0. The van der Waals surface area contributed by atoms with E-state index in [1.165, 1.54) is 31.2 Å². The molecule has 0 aromatic heterocycles. The Kier molecular flexibility index (Phi) is 6.07. The molecular formula is C18H15FN2O4. The van der Waals surface area contributed by atoms with Gasteiger partial charge in [-0.2, -0.15) is 5.26 Å². The summed E-state index contributed by atoms with van der Waals surface area (Å²) in [6.07, 6.45) is -1.08. The van der Waals surface area contributed by atoms with Crippen molar-refractivity contribution in [1.29, 1.82) is 5.26 Å². The molecule has 0 bridgehead atoms. The molecule has 2 aromatic rings. The van der Waals surface area contributed by atoms with Crippen molar-refractivity contribution in [3.63, 3.8) is 0 Å². The number of esters is 1. The highest BCUT2D eigenvalue weighted by Gasteiger charge is 2.18. The van der Waals surface area contributed by atoms with Crippen LogP contribution in [0.25, 0.3) is 0 Å². The summed E-state index contributed by atoms with van der Waals surface area (Å²) in [6, 6.07) is 13.9. The topological polar surface area (TPSA) is 88.4 Å². The van der Waals surface area contributed by atoms with E-state index in [1.807, 2.05) is 6.07 Å². The van der Waals surface area contributed by atoms with Crippen LogP contribution in [0.4, 0.5) is 10.1 Å². The first-order valence-electron chi connectivity index (χ1n) is 7.37. The van der Waals surface area contributed by atoms with Crippen molar-refractivity contribution in [2.24, 2.45) is 0 Å². The van der Waals surface area contributed by atoms with Gasteiger partial charge in [-0.25, -0.2) is 9.18 Å². The molecule has 0 spiro atoms. The maximum Gasteiger partial charge on any atom is 0.344 e. The van der Waals surface area contributed by atoms with E-state index in [0.29, 0.717) is 11.3 Å². The van der Waals surface area contributed by atoms with Gasteiger partial charge in [-0.1, -0.05) is 18.2 Å². The third-order valence-electron chi connectivity index (χ3n) is 3.12. The zero-order valence-corrected chi connectivity index (χ0v) is 13.4. The largest absolute Gasteiger partial charge is 0.479 e. The van der Waals surface area contributed by atoms with Gasteiger partial charge in [0.05, 0.1) is 11.6 Å². The molecule has 0 aliphatic rings. The Morgan fingerprint density at radius 2 is 2.00 bits per heavy atom. The van der Waals surface area contributed by atoms with E-state index in [2.05, 4.69) is 5.32 Å². The second kappa shape index (κ2) is 8.45. The SMILES string of the molecule is C[C@@H](OC(=O)COc1ccccc1F)C(=O)Nc1cccc(C#N)c1. The van der Waals surface area contributed by atoms with Crippen molar-refractivity contribution in [2.75, 3.05) is 11.9 Å². The number of amides is 1. The lowest BCUT2D eigenvalue weighted by atomic mass is 10.2. The number of nitrogens with zero attached hydrogens (tertiary/aromatic N) is 1. The Morgan fingerprint density at radius 1 is 1.24 bits per heavy atom. The second-order valence-corrected chi connectivity index (χ2v) is 5.03. The van der Waals surface area contributed by atoms with Gasteiger partial charge in [-0.05, 0) is 37.3 Å². The van der Waals surface area contributed by atoms with Gasteiger partial charge in [-0.15, -0.1) is 0 Å². The van der Waals surface area contributed by atoms with Crippen molar-refractivity contribution < 1.29 is 23.5 Å². The van der Waals surface area contributed by atoms with Crippen molar-refractivity contribution in [2.45, 2.75) is 13.0 Å². The number of benzene rings is 2. The summed E-state index contributed by atoms with van der Waals surface area (Å²) in [5.74, 6) is -2.05. The molecular weight excluding hydrogens is 327 g/mol. The fraction of sp³-hybridized carbons (Fsp3) is 0.167. The number of carbonyl (C=O) groups excluding carboxylic acids is 2. The van der Waals surface area contributed by atoms with E-state index in [0.717, 1.165) is 0 Å². The molecule has 0 saturated heterocycles. The fourth-order valence-corrected chi connectivity index (χ4v) is 1.89. The van der Waals surface area contributed by atoms with Crippen molar-refractivity contribution in [3.8, 4) is 11.8 Å². The third kappa shape index (κ3) is 5.32. The first kappa shape index (κ1) is 17.9. The summed E-state index contributed by atoms with van der Waals surface area (Å²) < 4.78 is 23.3.